The second-order valence-electron chi connectivity index (χ2n) is 9.45. The fourth-order valence-corrected chi connectivity index (χ4v) is 4.84. The predicted octanol–water partition coefficient (Wildman–Crippen LogP) is 2.96. The first-order chi connectivity index (χ1) is 20.4. The molecule has 0 N–H and O–H groups in total. The smallest absolute Gasteiger partial charge is 0.338 e. The normalized spacial score (nSPS) is 21.1. The van der Waals surface area contributed by atoms with Gasteiger partial charge in [-0.2, -0.15) is 0 Å². The third kappa shape index (κ3) is 7.80. The van der Waals surface area contributed by atoms with Crippen LogP contribution in [-0.2, 0) is 47.6 Å². The molecule has 0 aliphatic carbocycles. The van der Waals surface area contributed by atoms with Crippen LogP contribution in [0.25, 0.3) is 11.1 Å². The third-order valence-corrected chi connectivity index (χ3v) is 6.47. The van der Waals surface area contributed by atoms with Gasteiger partial charge in [-0.25, -0.2) is 4.79 Å². The van der Waals surface area contributed by atoms with Crippen LogP contribution in [0.3, 0.4) is 0 Å². The van der Waals surface area contributed by atoms with Crippen molar-refractivity contribution in [1.29, 1.82) is 0 Å². The van der Waals surface area contributed by atoms with Crippen LogP contribution in [-0.4, -0.2) is 82.2 Å². The minimum atomic E-state index is -1.39. The molecule has 3 rings (SSSR count). The average molecular weight is 603 g/mol. The lowest BCUT2D eigenvalue weighted by molar-refractivity contribution is -0.254. The highest BCUT2D eigenvalue weighted by molar-refractivity contribution is 5.98. The third-order valence-electron chi connectivity index (χ3n) is 6.47. The van der Waals surface area contributed by atoms with Crippen molar-refractivity contribution in [2.24, 2.45) is 0 Å². The largest absolute Gasteiger partial charge is 0.496 e. The Kier molecular flexibility index (Phi) is 11.1. The fourth-order valence-electron chi connectivity index (χ4n) is 4.84. The molecule has 0 spiro atoms. The van der Waals surface area contributed by atoms with Crippen LogP contribution < -0.4 is 9.47 Å². The van der Waals surface area contributed by atoms with E-state index in [2.05, 4.69) is 0 Å². The molecule has 232 valence electrons. The summed E-state index contributed by atoms with van der Waals surface area (Å²) in [6.07, 6.45) is -6.49. The van der Waals surface area contributed by atoms with Crippen molar-refractivity contribution < 1.29 is 61.9 Å². The molecular weight excluding hydrogens is 568 g/mol. The lowest BCUT2D eigenvalue weighted by Gasteiger charge is -2.44. The summed E-state index contributed by atoms with van der Waals surface area (Å²) >= 11 is 0. The van der Waals surface area contributed by atoms with E-state index in [0.717, 1.165) is 20.8 Å². The Morgan fingerprint density at radius 2 is 1.28 bits per heavy atom. The van der Waals surface area contributed by atoms with Crippen LogP contribution in [0.5, 0.6) is 11.5 Å². The number of carbonyl (C=O) groups excluding carboxylic acids is 5. The maximum atomic E-state index is 12.6. The summed E-state index contributed by atoms with van der Waals surface area (Å²) in [5, 5.41) is 0. The van der Waals surface area contributed by atoms with E-state index < -0.39 is 67.0 Å². The van der Waals surface area contributed by atoms with Gasteiger partial charge in [-0.05, 0) is 17.7 Å². The standard InChI is InChI=1S/C30H34O13/c1-15(31)39-14-25-27(40-16(2)32)29(42-18(4)34)28(41-17(3)33)26(43-25)22-12-21(23(36-5)13-24(22)37-6)19-10-8-9-11-20(19)30(35)38-7/h8-13,25-29H,14H2,1-7H3/t25-,26+,27+,28+,29+/m1/s1. The van der Waals surface area contributed by atoms with Crippen molar-refractivity contribution in [2.45, 2.75) is 58.2 Å². The van der Waals surface area contributed by atoms with Gasteiger partial charge >= 0.3 is 29.8 Å². The Morgan fingerprint density at radius 1 is 0.698 bits per heavy atom. The molecule has 5 atom stereocenters. The highest BCUT2D eigenvalue weighted by Gasteiger charge is 2.53. The molecule has 0 bridgehead atoms. The van der Waals surface area contributed by atoms with E-state index >= 15 is 0 Å². The van der Waals surface area contributed by atoms with Crippen molar-refractivity contribution in [2.75, 3.05) is 27.9 Å². The van der Waals surface area contributed by atoms with Crippen molar-refractivity contribution in [3.8, 4) is 22.6 Å². The summed E-state index contributed by atoms with van der Waals surface area (Å²) in [5.74, 6) is -2.96. The molecule has 13 nitrogen and oxygen atoms in total. The molecule has 0 amide bonds. The molecule has 2 aromatic rings. The Labute approximate surface area is 248 Å². The van der Waals surface area contributed by atoms with Gasteiger partial charge in [0.05, 0.1) is 26.9 Å². The molecule has 2 aromatic carbocycles. The number of benzene rings is 2. The first-order valence-electron chi connectivity index (χ1n) is 13.2. The van der Waals surface area contributed by atoms with E-state index in [1.54, 1.807) is 36.4 Å². The number of hydrogen-bond donors (Lipinski definition) is 0. The van der Waals surface area contributed by atoms with Crippen LogP contribution in [0.2, 0.25) is 0 Å². The number of rotatable bonds is 10. The molecule has 1 aliphatic heterocycles. The number of esters is 5. The van der Waals surface area contributed by atoms with Crippen LogP contribution in [0.4, 0.5) is 0 Å². The Hall–Kier alpha value is -4.65. The summed E-state index contributed by atoms with van der Waals surface area (Å²) in [5.41, 5.74) is 1.39. The zero-order chi connectivity index (χ0) is 31.8. The zero-order valence-electron chi connectivity index (χ0n) is 24.9. The average Bonchev–Trinajstić information content (AvgIpc) is 2.96. The van der Waals surface area contributed by atoms with Gasteiger partial charge in [0.25, 0.3) is 0 Å². The molecule has 1 aliphatic rings. The SMILES string of the molecule is COC(=O)c1ccccc1-c1cc([C@@H]2O[C@H](COC(C)=O)[C@H](OC(C)=O)[C@H](OC(C)=O)[C@H]2OC(C)=O)c(OC)cc1OC. The highest BCUT2D eigenvalue weighted by atomic mass is 16.7. The minimum absolute atomic E-state index is 0.219. The molecule has 0 saturated carbocycles. The van der Waals surface area contributed by atoms with E-state index in [1.807, 2.05) is 0 Å². The van der Waals surface area contributed by atoms with Gasteiger partial charge in [-0.3, -0.25) is 19.2 Å². The van der Waals surface area contributed by atoms with Gasteiger partial charge in [0.15, 0.2) is 18.3 Å². The topological polar surface area (TPSA) is 159 Å². The second kappa shape index (κ2) is 14.5. The summed E-state index contributed by atoms with van der Waals surface area (Å²) in [7, 11) is 4.09. The molecule has 0 radical (unpaired) electrons. The lowest BCUT2D eigenvalue weighted by atomic mass is 9.88. The fraction of sp³-hybridized carbons (Fsp3) is 0.433. The predicted molar refractivity (Wildman–Crippen MR) is 147 cm³/mol. The summed E-state index contributed by atoms with van der Waals surface area (Å²) in [4.78, 5) is 61.0. The summed E-state index contributed by atoms with van der Waals surface area (Å²) < 4.78 is 44.4. The van der Waals surface area contributed by atoms with Crippen LogP contribution in [0, 0.1) is 0 Å². The Bertz CT molecular complexity index is 1370. The number of carbonyl (C=O) groups is 5. The maximum absolute atomic E-state index is 12.6. The molecule has 1 saturated heterocycles. The first kappa shape index (κ1) is 32.9. The van der Waals surface area contributed by atoms with E-state index in [1.165, 1.54) is 28.3 Å². The zero-order valence-corrected chi connectivity index (χ0v) is 24.9. The minimum Gasteiger partial charge on any atom is -0.496 e. The van der Waals surface area contributed by atoms with E-state index in [0.29, 0.717) is 16.9 Å². The number of hydrogen-bond acceptors (Lipinski definition) is 13. The van der Waals surface area contributed by atoms with Gasteiger partial charge in [-0.1, -0.05) is 18.2 Å². The quantitative estimate of drug-likeness (QED) is 0.289. The van der Waals surface area contributed by atoms with Gasteiger partial charge in [0, 0.05) is 44.9 Å². The Balaban J connectivity index is 2.31. The summed E-state index contributed by atoms with van der Waals surface area (Å²) in [6.45, 7) is 4.21. The lowest BCUT2D eigenvalue weighted by Crippen LogP contribution is -2.59. The van der Waals surface area contributed by atoms with Crippen molar-refractivity contribution in [3.63, 3.8) is 0 Å². The molecule has 1 heterocycles. The molecule has 13 heteroatoms. The Morgan fingerprint density at radius 3 is 1.84 bits per heavy atom. The van der Waals surface area contributed by atoms with Crippen molar-refractivity contribution >= 4 is 29.8 Å². The van der Waals surface area contributed by atoms with E-state index in [-0.39, 0.29) is 16.9 Å². The number of ether oxygens (including phenoxy) is 8. The first-order valence-corrected chi connectivity index (χ1v) is 13.2. The summed E-state index contributed by atoms with van der Waals surface area (Å²) in [6, 6.07) is 9.82. The van der Waals surface area contributed by atoms with Crippen LogP contribution in [0.1, 0.15) is 49.7 Å². The molecule has 43 heavy (non-hydrogen) atoms. The molecule has 0 unspecified atom stereocenters. The second-order valence-corrected chi connectivity index (χ2v) is 9.45. The monoisotopic (exact) mass is 602 g/mol. The van der Waals surface area contributed by atoms with Crippen LogP contribution in [0.15, 0.2) is 36.4 Å². The molecule has 1 fully saturated rings. The van der Waals surface area contributed by atoms with E-state index in [4.69, 9.17) is 37.9 Å². The van der Waals surface area contributed by atoms with Gasteiger partial charge in [0.2, 0.25) is 0 Å². The van der Waals surface area contributed by atoms with Gasteiger partial charge < -0.3 is 37.9 Å². The molecular formula is C30H34O13. The van der Waals surface area contributed by atoms with Gasteiger partial charge in [-0.15, -0.1) is 0 Å². The van der Waals surface area contributed by atoms with Crippen molar-refractivity contribution in [1.82, 2.24) is 0 Å². The van der Waals surface area contributed by atoms with Crippen LogP contribution >= 0.6 is 0 Å². The van der Waals surface area contributed by atoms with E-state index in [9.17, 15) is 24.0 Å². The number of methoxy groups -OCH3 is 3. The molecule has 0 aromatic heterocycles. The van der Waals surface area contributed by atoms with Gasteiger partial charge in [0.1, 0.15) is 30.3 Å². The van der Waals surface area contributed by atoms with Crippen molar-refractivity contribution in [3.05, 3.63) is 47.5 Å². The maximum Gasteiger partial charge on any atom is 0.338 e. The highest BCUT2D eigenvalue weighted by Crippen LogP contribution is 2.45.